The number of anilines is 1. The zero-order valence-electron chi connectivity index (χ0n) is 14.5. The Morgan fingerprint density at radius 1 is 0.963 bits per heavy atom. The molecule has 3 N–H and O–H groups in total. The van der Waals surface area contributed by atoms with Crippen LogP contribution in [0, 0.1) is 5.92 Å². The van der Waals surface area contributed by atoms with Crippen molar-refractivity contribution in [2.24, 2.45) is 5.92 Å². The van der Waals surface area contributed by atoms with Gasteiger partial charge in [-0.15, -0.1) is 0 Å². The lowest BCUT2D eigenvalue weighted by Crippen LogP contribution is -2.33. The topological polar surface area (TPSA) is 113 Å². The van der Waals surface area contributed by atoms with Crippen molar-refractivity contribution in [3.8, 4) is 0 Å². The molecule has 1 saturated carbocycles. The molecule has 2 aromatic carbocycles. The zero-order chi connectivity index (χ0) is 19.4. The van der Waals surface area contributed by atoms with E-state index in [1.54, 1.807) is 18.2 Å². The highest BCUT2D eigenvalue weighted by Gasteiger charge is 2.30. The number of hydrogen-bond acceptors (Lipinski definition) is 4. The second-order valence-electron chi connectivity index (χ2n) is 6.51. The second-order valence-corrected chi connectivity index (χ2v) is 8.20. The molecule has 1 fully saturated rings. The van der Waals surface area contributed by atoms with Gasteiger partial charge in [0.2, 0.25) is 0 Å². The van der Waals surface area contributed by atoms with Gasteiger partial charge in [0.05, 0.1) is 10.8 Å². The summed E-state index contributed by atoms with van der Waals surface area (Å²) in [6.07, 6.45) is 1.62. The Balaban J connectivity index is 1.62. The number of carbonyl (C=O) groups excluding carboxylic acids is 1. The number of benzene rings is 2. The fraction of sp³-hybridized carbons (Fsp3) is 0.263. The first-order chi connectivity index (χ1) is 12.8. The molecule has 0 unspecified atom stereocenters. The normalized spacial score (nSPS) is 19.4. The van der Waals surface area contributed by atoms with Gasteiger partial charge >= 0.3 is 5.97 Å². The molecule has 27 heavy (non-hydrogen) atoms. The van der Waals surface area contributed by atoms with Gasteiger partial charge in [0, 0.05) is 17.3 Å². The van der Waals surface area contributed by atoms with E-state index in [2.05, 4.69) is 10.0 Å². The van der Waals surface area contributed by atoms with Crippen LogP contribution in [0.1, 0.15) is 29.6 Å². The van der Waals surface area contributed by atoms with Crippen molar-refractivity contribution in [2.75, 3.05) is 4.72 Å². The van der Waals surface area contributed by atoms with Crippen LogP contribution in [-0.2, 0) is 14.8 Å². The number of sulfonamides is 1. The van der Waals surface area contributed by atoms with E-state index >= 15 is 0 Å². The van der Waals surface area contributed by atoms with E-state index in [0.29, 0.717) is 30.5 Å². The summed E-state index contributed by atoms with van der Waals surface area (Å²) < 4.78 is 27.1. The highest BCUT2D eigenvalue weighted by Crippen LogP contribution is 2.26. The first kappa shape index (κ1) is 18.9. The molecule has 0 saturated heterocycles. The van der Waals surface area contributed by atoms with Gasteiger partial charge in [-0.3, -0.25) is 14.3 Å². The highest BCUT2D eigenvalue weighted by atomic mass is 32.2. The molecule has 1 aliphatic rings. The van der Waals surface area contributed by atoms with Crippen LogP contribution in [0.4, 0.5) is 5.69 Å². The van der Waals surface area contributed by atoms with Crippen molar-refractivity contribution in [1.29, 1.82) is 0 Å². The number of amides is 1. The Bertz CT molecular complexity index is 926. The number of hydrogen-bond donors (Lipinski definition) is 3. The Hall–Kier alpha value is -2.87. The van der Waals surface area contributed by atoms with E-state index in [0.717, 1.165) is 0 Å². The first-order valence-electron chi connectivity index (χ1n) is 8.57. The minimum absolute atomic E-state index is 0.154. The molecule has 0 bridgehead atoms. The van der Waals surface area contributed by atoms with Crippen molar-refractivity contribution in [3.63, 3.8) is 0 Å². The number of rotatable bonds is 6. The van der Waals surface area contributed by atoms with Crippen LogP contribution in [0.3, 0.4) is 0 Å². The highest BCUT2D eigenvalue weighted by molar-refractivity contribution is 7.92. The van der Waals surface area contributed by atoms with E-state index in [1.807, 2.05) is 0 Å². The number of carboxylic acids is 1. The van der Waals surface area contributed by atoms with E-state index in [4.69, 9.17) is 5.11 Å². The third kappa shape index (κ3) is 4.65. The molecule has 0 heterocycles. The summed E-state index contributed by atoms with van der Waals surface area (Å²) in [6.45, 7) is 0. The third-order valence-electron chi connectivity index (χ3n) is 4.57. The number of nitrogens with one attached hydrogen (secondary N) is 2. The summed E-state index contributed by atoms with van der Waals surface area (Å²) >= 11 is 0. The Morgan fingerprint density at radius 3 is 2.22 bits per heavy atom. The molecule has 2 atom stereocenters. The lowest BCUT2D eigenvalue weighted by molar-refractivity contribution is -0.141. The Morgan fingerprint density at radius 2 is 1.63 bits per heavy atom. The molecule has 142 valence electrons. The molecular weight excluding hydrogens is 368 g/mol. The van der Waals surface area contributed by atoms with Gasteiger partial charge in [0.25, 0.3) is 15.9 Å². The van der Waals surface area contributed by atoms with Gasteiger partial charge in [-0.1, -0.05) is 18.2 Å². The van der Waals surface area contributed by atoms with Crippen LogP contribution in [0.5, 0.6) is 0 Å². The maximum absolute atomic E-state index is 12.3. The lowest BCUT2D eigenvalue weighted by Gasteiger charge is -2.13. The first-order valence-corrected chi connectivity index (χ1v) is 10.0. The smallest absolute Gasteiger partial charge is 0.306 e. The zero-order valence-corrected chi connectivity index (χ0v) is 15.3. The SMILES string of the molecule is O=C(N[C@@H]1CC[C@H](C(=O)O)C1)c1ccc(NS(=O)(=O)c2ccccc2)cc1. The Kier molecular flexibility index (Phi) is 5.46. The standard InChI is InChI=1S/C19H20N2O5S/c22-18(20-16-11-8-14(12-16)19(23)24)13-6-9-15(10-7-13)21-27(25,26)17-4-2-1-3-5-17/h1-7,9-10,14,16,21H,8,11-12H2,(H,20,22)(H,23,24)/t14-,16+/m0/s1. The summed E-state index contributed by atoms with van der Waals surface area (Å²) in [4.78, 5) is 23.4. The van der Waals surface area contributed by atoms with Gasteiger partial charge < -0.3 is 10.4 Å². The molecule has 0 spiro atoms. The minimum Gasteiger partial charge on any atom is -0.481 e. The molecule has 1 amide bonds. The second kappa shape index (κ2) is 7.79. The summed E-state index contributed by atoms with van der Waals surface area (Å²) in [7, 11) is -3.69. The summed E-state index contributed by atoms with van der Waals surface area (Å²) in [5.41, 5.74) is 0.735. The van der Waals surface area contributed by atoms with E-state index in [9.17, 15) is 18.0 Å². The molecule has 1 aliphatic carbocycles. The monoisotopic (exact) mass is 388 g/mol. The Labute approximate surface area is 157 Å². The van der Waals surface area contributed by atoms with Crippen molar-refractivity contribution in [1.82, 2.24) is 5.32 Å². The van der Waals surface area contributed by atoms with Crippen molar-refractivity contribution >= 4 is 27.6 Å². The molecule has 2 aromatic rings. The maximum atomic E-state index is 12.3. The van der Waals surface area contributed by atoms with Crippen LogP contribution >= 0.6 is 0 Å². The van der Waals surface area contributed by atoms with E-state index in [1.165, 1.54) is 36.4 Å². The molecule has 7 nitrogen and oxygen atoms in total. The van der Waals surface area contributed by atoms with Crippen molar-refractivity contribution < 1.29 is 23.1 Å². The fourth-order valence-electron chi connectivity index (χ4n) is 3.11. The van der Waals surface area contributed by atoms with Crippen molar-refractivity contribution in [3.05, 3.63) is 60.2 Å². The molecular formula is C19H20N2O5S. The predicted octanol–water partition coefficient (Wildman–Crippen LogP) is 2.47. The van der Waals surface area contributed by atoms with Gasteiger partial charge in [-0.25, -0.2) is 8.42 Å². The predicted molar refractivity (Wildman–Crippen MR) is 99.9 cm³/mol. The fourth-order valence-corrected chi connectivity index (χ4v) is 4.19. The van der Waals surface area contributed by atoms with Crippen LogP contribution in [-0.4, -0.2) is 31.4 Å². The molecule has 0 radical (unpaired) electrons. The van der Waals surface area contributed by atoms with E-state index in [-0.39, 0.29) is 16.8 Å². The van der Waals surface area contributed by atoms with Gasteiger partial charge in [-0.2, -0.15) is 0 Å². The summed E-state index contributed by atoms with van der Waals surface area (Å²) in [5.74, 6) is -1.55. The average Bonchev–Trinajstić information content (AvgIpc) is 3.11. The van der Waals surface area contributed by atoms with Crippen LogP contribution in [0.2, 0.25) is 0 Å². The van der Waals surface area contributed by atoms with Gasteiger partial charge in [0.1, 0.15) is 0 Å². The number of aliphatic carboxylic acids is 1. The molecule has 3 rings (SSSR count). The van der Waals surface area contributed by atoms with Crippen LogP contribution in [0.25, 0.3) is 0 Å². The number of carbonyl (C=O) groups is 2. The third-order valence-corrected chi connectivity index (χ3v) is 5.97. The van der Waals surface area contributed by atoms with Crippen LogP contribution in [0.15, 0.2) is 59.5 Å². The van der Waals surface area contributed by atoms with E-state index < -0.39 is 21.9 Å². The molecule has 0 aliphatic heterocycles. The largest absolute Gasteiger partial charge is 0.481 e. The summed E-state index contributed by atoms with van der Waals surface area (Å²) in [5, 5.41) is 11.9. The number of carboxylic acid groups (broad SMARTS) is 1. The quantitative estimate of drug-likeness (QED) is 0.704. The summed E-state index contributed by atoms with van der Waals surface area (Å²) in [6, 6.07) is 13.9. The maximum Gasteiger partial charge on any atom is 0.306 e. The average molecular weight is 388 g/mol. The van der Waals surface area contributed by atoms with Gasteiger partial charge in [0.15, 0.2) is 0 Å². The molecule has 8 heteroatoms. The van der Waals surface area contributed by atoms with Crippen LogP contribution < -0.4 is 10.0 Å². The van der Waals surface area contributed by atoms with Crippen molar-refractivity contribution in [2.45, 2.75) is 30.2 Å². The lowest BCUT2D eigenvalue weighted by atomic mass is 10.1. The minimum atomic E-state index is -3.69. The van der Waals surface area contributed by atoms with Gasteiger partial charge in [-0.05, 0) is 55.7 Å². The molecule has 0 aromatic heterocycles.